The molecule has 0 saturated heterocycles. The number of hydrazone groups is 1. The first-order valence-corrected chi connectivity index (χ1v) is 9.20. The van der Waals surface area contributed by atoms with Crippen molar-refractivity contribution in [2.45, 2.75) is 19.6 Å². The van der Waals surface area contributed by atoms with E-state index in [2.05, 4.69) is 5.10 Å². The van der Waals surface area contributed by atoms with Crippen LogP contribution >= 0.6 is 24.0 Å². The van der Waals surface area contributed by atoms with E-state index in [1.165, 1.54) is 23.0 Å². The molecule has 0 aliphatic rings. The summed E-state index contributed by atoms with van der Waals surface area (Å²) in [5.41, 5.74) is 1.14. The van der Waals surface area contributed by atoms with Crippen LogP contribution in [0.4, 0.5) is 0 Å². The van der Waals surface area contributed by atoms with Crippen LogP contribution in [0.2, 0.25) is 0 Å². The zero-order valence-electron chi connectivity index (χ0n) is 14.5. The van der Waals surface area contributed by atoms with Crippen LogP contribution in [-0.4, -0.2) is 47.7 Å². The van der Waals surface area contributed by atoms with Crippen molar-refractivity contribution in [3.63, 3.8) is 0 Å². The third kappa shape index (κ3) is 7.66. The van der Waals surface area contributed by atoms with Crippen molar-refractivity contribution in [2.75, 3.05) is 20.3 Å². The molecule has 136 valence electrons. The first-order valence-electron chi connectivity index (χ1n) is 7.81. The van der Waals surface area contributed by atoms with Gasteiger partial charge in [-0.15, -0.1) is 0 Å². The molecule has 0 saturated carbocycles. The number of benzene rings is 1. The molecule has 0 amide bonds. The Bertz CT molecular complexity index is 590. The van der Waals surface area contributed by atoms with E-state index in [0.717, 1.165) is 5.56 Å². The van der Waals surface area contributed by atoms with Crippen molar-refractivity contribution >= 4 is 46.5 Å². The Morgan fingerprint density at radius 1 is 1.20 bits per heavy atom. The number of thiocarbonyl (C=S) groups is 1. The lowest BCUT2D eigenvalue weighted by molar-refractivity contribution is -0.157. The van der Waals surface area contributed by atoms with E-state index in [9.17, 15) is 9.59 Å². The van der Waals surface area contributed by atoms with Crippen molar-refractivity contribution in [3.05, 3.63) is 35.9 Å². The molecule has 0 spiro atoms. The van der Waals surface area contributed by atoms with Crippen molar-refractivity contribution in [3.8, 4) is 0 Å². The predicted molar refractivity (Wildman–Crippen MR) is 103 cm³/mol. The maximum absolute atomic E-state index is 11.9. The van der Waals surface area contributed by atoms with Crippen LogP contribution in [0.5, 0.6) is 0 Å². The second kappa shape index (κ2) is 11.6. The number of hydrogen-bond acceptors (Lipinski definition) is 7. The molecule has 1 aromatic rings. The average Bonchev–Trinajstić information content (AvgIpc) is 2.61. The van der Waals surface area contributed by atoms with Gasteiger partial charge in [0, 0.05) is 12.8 Å². The van der Waals surface area contributed by atoms with E-state index in [0.29, 0.717) is 10.1 Å². The Hall–Kier alpha value is -1.93. The van der Waals surface area contributed by atoms with Gasteiger partial charge in [0.1, 0.15) is 0 Å². The van der Waals surface area contributed by atoms with Gasteiger partial charge in [0.05, 0.1) is 19.4 Å². The molecule has 0 aromatic heterocycles. The van der Waals surface area contributed by atoms with Crippen molar-refractivity contribution in [1.29, 1.82) is 0 Å². The Kier molecular flexibility index (Phi) is 9.79. The molecule has 0 aliphatic carbocycles. The van der Waals surface area contributed by atoms with Gasteiger partial charge < -0.3 is 9.47 Å². The molecular weight excluding hydrogens is 360 g/mol. The summed E-state index contributed by atoms with van der Waals surface area (Å²) in [4.78, 5) is 23.8. The third-order valence-electron chi connectivity index (χ3n) is 2.94. The molecule has 0 fully saturated rings. The second-order valence-corrected chi connectivity index (χ2v) is 6.42. The Balaban J connectivity index is 2.65. The van der Waals surface area contributed by atoms with E-state index in [1.54, 1.807) is 20.9 Å². The van der Waals surface area contributed by atoms with Gasteiger partial charge >= 0.3 is 11.9 Å². The van der Waals surface area contributed by atoms with Gasteiger partial charge in [-0.25, -0.2) is 0 Å². The standard InChI is InChI=1S/C17H22N2O4S2/c1-4-22-15(20)14(16(21)23-5-2)11-18-19(3)17(24)25-12-13-9-7-6-8-10-13/h6-11,14H,4-5,12H2,1-3H3. The fourth-order valence-electron chi connectivity index (χ4n) is 1.71. The van der Waals surface area contributed by atoms with Gasteiger partial charge in [0.2, 0.25) is 0 Å². The van der Waals surface area contributed by atoms with Crippen molar-refractivity contribution in [1.82, 2.24) is 5.01 Å². The molecule has 8 heteroatoms. The molecule has 0 unspecified atom stereocenters. The molecule has 0 atom stereocenters. The molecule has 1 rings (SSSR count). The number of carbonyl (C=O) groups is 2. The zero-order valence-corrected chi connectivity index (χ0v) is 16.1. The van der Waals surface area contributed by atoms with Gasteiger partial charge in [0.25, 0.3) is 0 Å². The third-order valence-corrected chi connectivity index (χ3v) is 4.55. The van der Waals surface area contributed by atoms with Crippen LogP contribution in [0.1, 0.15) is 19.4 Å². The number of hydrogen-bond donors (Lipinski definition) is 0. The number of ether oxygens (including phenoxy) is 2. The quantitative estimate of drug-likeness (QED) is 0.225. The second-order valence-electron chi connectivity index (χ2n) is 4.81. The minimum Gasteiger partial charge on any atom is -0.465 e. The maximum Gasteiger partial charge on any atom is 0.325 e. The van der Waals surface area contributed by atoms with Crippen LogP contribution in [-0.2, 0) is 24.8 Å². The topological polar surface area (TPSA) is 68.2 Å². The summed E-state index contributed by atoms with van der Waals surface area (Å²) in [6.07, 6.45) is 1.20. The highest BCUT2D eigenvalue weighted by Crippen LogP contribution is 2.16. The number of esters is 2. The number of carbonyl (C=O) groups excluding carboxylic acids is 2. The zero-order chi connectivity index (χ0) is 18.7. The molecule has 1 aromatic carbocycles. The van der Waals surface area contributed by atoms with E-state index in [-0.39, 0.29) is 13.2 Å². The lowest BCUT2D eigenvalue weighted by Gasteiger charge is -2.15. The molecule has 0 radical (unpaired) electrons. The highest BCUT2D eigenvalue weighted by atomic mass is 32.2. The molecular formula is C17H22N2O4S2. The van der Waals surface area contributed by atoms with Gasteiger partial charge in [-0.1, -0.05) is 54.3 Å². The minimum absolute atomic E-state index is 0.170. The van der Waals surface area contributed by atoms with Crippen molar-refractivity contribution < 1.29 is 19.1 Å². The fraction of sp³-hybridized carbons (Fsp3) is 0.412. The molecule has 25 heavy (non-hydrogen) atoms. The van der Waals surface area contributed by atoms with Crippen LogP contribution in [0.15, 0.2) is 35.4 Å². The van der Waals surface area contributed by atoms with Crippen molar-refractivity contribution in [2.24, 2.45) is 11.0 Å². The van der Waals surface area contributed by atoms with Crippen LogP contribution in [0.3, 0.4) is 0 Å². The van der Waals surface area contributed by atoms with E-state index < -0.39 is 17.9 Å². The lowest BCUT2D eigenvalue weighted by Crippen LogP contribution is -2.30. The average molecular weight is 383 g/mol. The smallest absolute Gasteiger partial charge is 0.325 e. The minimum atomic E-state index is -1.20. The Morgan fingerprint density at radius 3 is 2.28 bits per heavy atom. The molecule has 0 N–H and O–H groups in total. The van der Waals surface area contributed by atoms with E-state index in [1.807, 2.05) is 30.3 Å². The largest absolute Gasteiger partial charge is 0.465 e. The van der Waals surface area contributed by atoms with Crippen LogP contribution < -0.4 is 0 Å². The monoisotopic (exact) mass is 382 g/mol. The SMILES string of the molecule is CCOC(=O)C(C=NN(C)C(=S)SCc1ccccc1)C(=O)OCC. The summed E-state index contributed by atoms with van der Waals surface area (Å²) in [5, 5.41) is 5.53. The number of rotatable bonds is 8. The van der Waals surface area contributed by atoms with E-state index in [4.69, 9.17) is 21.7 Å². The highest BCUT2D eigenvalue weighted by Gasteiger charge is 2.28. The van der Waals surface area contributed by atoms with Gasteiger partial charge in [0.15, 0.2) is 10.2 Å². The Labute approximate surface area is 157 Å². The predicted octanol–water partition coefficient (Wildman–Crippen LogP) is 2.86. The van der Waals surface area contributed by atoms with Gasteiger partial charge in [-0.05, 0) is 19.4 Å². The molecule has 6 nitrogen and oxygen atoms in total. The summed E-state index contributed by atoms with van der Waals surface area (Å²) in [7, 11) is 1.66. The summed E-state index contributed by atoms with van der Waals surface area (Å²) in [6, 6.07) is 9.90. The Morgan fingerprint density at radius 2 is 1.76 bits per heavy atom. The van der Waals surface area contributed by atoms with Gasteiger partial charge in [-0.3, -0.25) is 14.6 Å². The lowest BCUT2D eigenvalue weighted by atomic mass is 10.2. The first-order chi connectivity index (χ1) is 12.0. The summed E-state index contributed by atoms with van der Waals surface area (Å²) in [6.45, 7) is 3.67. The number of nitrogens with zero attached hydrogens (tertiary/aromatic N) is 2. The van der Waals surface area contributed by atoms with Gasteiger partial charge in [-0.2, -0.15) is 5.10 Å². The molecule has 0 heterocycles. The fourth-order valence-corrected chi connectivity index (χ4v) is 2.65. The van der Waals surface area contributed by atoms with E-state index >= 15 is 0 Å². The maximum atomic E-state index is 11.9. The molecule has 0 aliphatic heterocycles. The highest BCUT2D eigenvalue weighted by molar-refractivity contribution is 8.22. The molecule has 0 bridgehead atoms. The summed E-state index contributed by atoms with van der Waals surface area (Å²) in [5.74, 6) is -1.88. The normalized spacial score (nSPS) is 10.7. The van der Waals surface area contributed by atoms with Crippen LogP contribution in [0.25, 0.3) is 0 Å². The summed E-state index contributed by atoms with van der Waals surface area (Å²) >= 11 is 6.74. The van der Waals surface area contributed by atoms with Crippen LogP contribution in [0, 0.1) is 5.92 Å². The first kappa shape index (κ1) is 21.1. The number of thioether (sulfide) groups is 1. The summed E-state index contributed by atoms with van der Waals surface area (Å²) < 4.78 is 10.3.